The molecular weight excluding hydrogens is 383 g/mol. The van der Waals surface area contributed by atoms with Crippen LogP contribution in [0.15, 0.2) is 29.2 Å². The molecule has 0 bridgehead atoms. The van der Waals surface area contributed by atoms with E-state index in [1.54, 1.807) is 12.1 Å². The van der Waals surface area contributed by atoms with Crippen molar-refractivity contribution in [3.05, 3.63) is 29.8 Å². The Morgan fingerprint density at radius 1 is 1.19 bits per heavy atom. The molecule has 150 valence electrons. The van der Waals surface area contributed by atoms with Crippen LogP contribution in [-0.2, 0) is 19.0 Å². The van der Waals surface area contributed by atoms with Gasteiger partial charge in [0.15, 0.2) is 0 Å². The molecule has 0 amide bonds. The van der Waals surface area contributed by atoms with Crippen molar-refractivity contribution in [2.45, 2.75) is 56.0 Å². The highest BCUT2D eigenvalue weighted by atomic mass is 32.2. The second-order valence-corrected chi connectivity index (χ2v) is 9.68. The summed E-state index contributed by atoms with van der Waals surface area (Å²) in [6.45, 7) is 2.13. The van der Waals surface area contributed by atoms with Gasteiger partial charge in [-0.1, -0.05) is 17.7 Å². The summed E-state index contributed by atoms with van der Waals surface area (Å²) < 4.78 is 74.5. The van der Waals surface area contributed by atoms with Crippen molar-refractivity contribution in [1.82, 2.24) is 5.32 Å². The molecule has 9 heteroatoms. The van der Waals surface area contributed by atoms with Gasteiger partial charge >= 0.3 is 6.18 Å². The van der Waals surface area contributed by atoms with E-state index < -0.39 is 27.9 Å². The van der Waals surface area contributed by atoms with Gasteiger partial charge in [-0.05, 0) is 44.7 Å². The number of rotatable bonds is 6. The van der Waals surface area contributed by atoms with E-state index in [-0.39, 0.29) is 35.9 Å². The van der Waals surface area contributed by atoms with Crippen LogP contribution in [0.5, 0.6) is 0 Å². The number of alkyl halides is 3. The summed E-state index contributed by atoms with van der Waals surface area (Å²) in [6, 6.07) is 6.38. The van der Waals surface area contributed by atoms with Crippen molar-refractivity contribution < 1.29 is 30.5 Å². The predicted octanol–water partition coefficient (Wildman–Crippen LogP) is 3.14. The lowest BCUT2D eigenvalue weighted by Gasteiger charge is -2.58. The smallest absolute Gasteiger partial charge is 0.377 e. The molecule has 2 saturated carbocycles. The van der Waals surface area contributed by atoms with Crippen LogP contribution in [0.4, 0.5) is 13.2 Å². The fraction of sp³-hybridized carbons (Fsp3) is 0.667. The summed E-state index contributed by atoms with van der Waals surface area (Å²) in [7, 11) is -3.90. The second kappa shape index (κ2) is 6.17. The second-order valence-electron chi connectivity index (χ2n) is 8.11. The number of hydrogen-bond acceptors (Lipinski definition) is 5. The molecule has 1 heterocycles. The zero-order valence-corrected chi connectivity index (χ0v) is 15.7. The average molecular weight is 405 g/mol. The van der Waals surface area contributed by atoms with Crippen LogP contribution in [0.3, 0.4) is 0 Å². The van der Waals surface area contributed by atoms with Gasteiger partial charge in [-0.2, -0.15) is 21.6 Å². The summed E-state index contributed by atoms with van der Waals surface area (Å²) in [5, 5.41) is 2.97. The maximum absolute atomic E-state index is 13.0. The van der Waals surface area contributed by atoms with Crippen LogP contribution >= 0.6 is 0 Å². The van der Waals surface area contributed by atoms with Gasteiger partial charge in [-0.25, -0.2) is 4.18 Å². The molecule has 1 saturated heterocycles. The van der Waals surface area contributed by atoms with Crippen LogP contribution in [0.1, 0.15) is 31.2 Å². The minimum absolute atomic E-state index is 0.0879. The summed E-state index contributed by atoms with van der Waals surface area (Å²) in [5.74, 6) is 0. The Hall–Kier alpha value is -1.16. The fourth-order valence-electron chi connectivity index (χ4n) is 3.76. The molecular formula is C18H22F3NO4S. The Balaban J connectivity index is 1.31. The van der Waals surface area contributed by atoms with Gasteiger partial charge in [-0.3, -0.25) is 5.32 Å². The summed E-state index contributed by atoms with van der Waals surface area (Å²) >= 11 is 0. The Morgan fingerprint density at radius 2 is 1.81 bits per heavy atom. The molecule has 3 aliphatic rings. The van der Waals surface area contributed by atoms with Crippen LogP contribution in [0.25, 0.3) is 0 Å². The molecule has 4 rings (SSSR count). The summed E-state index contributed by atoms with van der Waals surface area (Å²) in [4.78, 5) is 0.0879. The van der Waals surface area contributed by atoms with Crippen LogP contribution in [-0.4, -0.2) is 40.1 Å². The number of nitrogens with one attached hydrogen (secondary N) is 1. The zero-order chi connectivity index (χ0) is 19.5. The van der Waals surface area contributed by atoms with E-state index in [2.05, 4.69) is 5.32 Å². The first-order valence-electron chi connectivity index (χ1n) is 8.97. The van der Waals surface area contributed by atoms with E-state index in [0.29, 0.717) is 19.4 Å². The molecule has 1 aliphatic heterocycles. The number of halogens is 3. The quantitative estimate of drug-likeness (QED) is 0.737. The molecule has 1 aromatic carbocycles. The van der Waals surface area contributed by atoms with Crippen molar-refractivity contribution in [2.75, 3.05) is 13.2 Å². The average Bonchev–Trinajstić information content (AvgIpc) is 3.32. The summed E-state index contributed by atoms with van der Waals surface area (Å²) in [5.41, 5.74) is -1.10. The third-order valence-corrected chi connectivity index (χ3v) is 7.34. The van der Waals surface area contributed by atoms with Crippen molar-refractivity contribution in [3.8, 4) is 0 Å². The highest BCUT2D eigenvalue weighted by molar-refractivity contribution is 7.86. The van der Waals surface area contributed by atoms with Crippen molar-refractivity contribution in [3.63, 3.8) is 0 Å². The maximum Gasteiger partial charge on any atom is 0.396 e. The third kappa shape index (κ3) is 3.39. The van der Waals surface area contributed by atoms with E-state index in [4.69, 9.17) is 8.92 Å². The standard InChI is InChI=1S/C18H22F3NO4S/c1-12-2-4-14(5-3-12)27(23,24)26-15-16(10-22-15)8-13(9-16)25-11-17(6-7-17)18(19,20)21/h2-5,13,15,22H,6-11H2,1H3. The number of ether oxygens (including phenoxy) is 1. The van der Waals surface area contributed by atoms with Crippen LogP contribution in [0.2, 0.25) is 0 Å². The minimum atomic E-state index is -4.22. The van der Waals surface area contributed by atoms with Gasteiger partial charge < -0.3 is 4.74 Å². The Bertz CT molecular complexity index is 812. The highest BCUT2D eigenvalue weighted by Gasteiger charge is 2.64. The lowest BCUT2D eigenvalue weighted by atomic mass is 9.61. The molecule has 5 nitrogen and oxygen atoms in total. The van der Waals surface area contributed by atoms with Crippen LogP contribution in [0, 0.1) is 17.8 Å². The lowest BCUT2D eigenvalue weighted by molar-refractivity contribution is -0.226. The number of benzene rings is 1. The Morgan fingerprint density at radius 3 is 2.30 bits per heavy atom. The van der Waals surface area contributed by atoms with E-state index in [1.807, 2.05) is 6.92 Å². The Kier molecular flexibility index (Phi) is 4.38. The molecule has 27 heavy (non-hydrogen) atoms. The van der Waals surface area contributed by atoms with Gasteiger partial charge in [0, 0.05) is 12.0 Å². The van der Waals surface area contributed by atoms with Gasteiger partial charge in [-0.15, -0.1) is 0 Å². The van der Waals surface area contributed by atoms with Crippen molar-refractivity contribution in [2.24, 2.45) is 10.8 Å². The Labute approximate surface area is 156 Å². The largest absolute Gasteiger partial charge is 0.396 e. The number of hydrogen-bond donors (Lipinski definition) is 1. The van der Waals surface area contributed by atoms with E-state index in [1.165, 1.54) is 12.1 Å². The van der Waals surface area contributed by atoms with Crippen molar-refractivity contribution in [1.29, 1.82) is 0 Å². The molecule has 1 spiro atoms. The fourth-order valence-corrected chi connectivity index (χ4v) is 4.86. The molecule has 1 N–H and O–H groups in total. The van der Waals surface area contributed by atoms with Crippen LogP contribution < -0.4 is 5.32 Å². The van der Waals surface area contributed by atoms with Gasteiger partial charge in [0.25, 0.3) is 10.1 Å². The first-order chi connectivity index (χ1) is 12.6. The third-order valence-electron chi connectivity index (χ3n) is 6.05. The topological polar surface area (TPSA) is 64.6 Å². The first kappa shape index (κ1) is 19.2. The first-order valence-corrected chi connectivity index (χ1v) is 10.4. The predicted molar refractivity (Wildman–Crippen MR) is 90.4 cm³/mol. The normalized spacial score (nSPS) is 32.0. The molecule has 1 aromatic rings. The van der Waals surface area contributed by atoms with Gasteiger partial charge in [0.1, 0.15) is 6.23 Å². The molecule has 1 unspecified atom stereocenters. The maximum atomic E-state index is 13.0. The minimum Gasteiger partial charge on any atom is -0.377 e. The van der Waals surface area contributed by atoms with E-state index >= 15 is 0 Å². The summed E-state index contributed by atoms with van der Waals surface area (Å²) in [6.07, 6.45) is -3.92. The van der Waals surface area contributed by atoms with Gasteiger partial charge in [0.2, 0.25) is 0 Å². The SMILES string of the molecule is Cc1ccc(S(=O)(=O)OC2NCC23CC(OCC2(C(F)(F)F)CC2)C3)cc1. The molecule has 2 aliphatic carbocycles. The molecule has 0 aromatic heterocycles. The molecule has 3 fully saturated rings. The zero-order valence-electron chi connectivity index (χ0n) is 14.9. The van der Waals surface area contributed by atoms with E-state index in [9.17, 15) is 21.6 Å². The lowest BCUT2D eigenvalue weighted by Crippen LogP contribution is -2.70. The van der Waals surface area contributed by atoms with E-state index in [0.717, 1.165) is 5.56 Å². The number of aryl methyl sites for hydroxylation is 1. The monoisotopic (exact) mass is 405 g/mol. The molecule has 0 radical (unpaired) electrons. The highest BCUT2D eigenvalue weighted by Crippen LogP contribution is 2.59. The molecule has 1 atom stereocenters. The van der Waals surface area contributed by atoms with Crippen molar-refractivity contribution >= 4 is 10.1 Å². The van der Waals surface area contributed by atoms with Gasteiger partial charge in [0.05, 0.1) is 23.0 Å².